The van der Waals surface area contributed by atoms with Crippen molar-refractivity contribution in [3.8, 4) is 0 Å². The van der Waals surface area contributed by atoms with Crippen LogP contribution in [0.1, 0.15) is 35.7 Å². The lowest BCUT2D eigenvalue weighted by Gasteiger charge is -2.31. The largest absolute Gasteiger partial charge is 0.445 e. The van der Waals surface area contributed by atoms with Gasteiger partial charge in [-0.2, -0.15) is 0 Å². The molecule has 0 N–H and O–H groups in total. The molecule has 23 heavy (non-hydrogen) atoms. The summed E-state index contributed by atoms with van der Waals surface area (Å²) < 4.78 is 7.31. The Kier molecular flexibility index (Phi) is 4.61. The van der Waals surface area contributed by atoms with E-state index in [9.17, 15) is 4.79 Å². The summed E-state index contributed by atoms with van der Waals surface area (Å²) in [6, 6.07) is 0. The minimum absolute atomic E-state index is 0.0928. The van der Waals surface area contributed by atoms with Crippen molar-refractivity contribution >= 4 is 0 Å². The molecule has 0 amide bonds. The molecule has 6 heteroatoms. The van der Waals surface area contributed by atoms with Crippen LogP contribution in [0.2, 0.25) is 0 Å². The number of nitrogens with zero attached hydrogens (tertiary/aromatic N) is 4. The molecule has 124 valence electrons. The number of oxazole rings is 1. The molecule has 0 aliphatic carbocycles. The van der Waals surface area contributed by atoms with Crippen LogP contribution in [0.5, 0.6) is 0 Å². The van der Waals surface area contributed by atoms with Crippen LogP contribution in [0.25, 0.3) is 0 Å². The minimum Gasteiger partial charge on any atom is -0.445 e. The van der Waals surface area contributed by atoms with Crippen LogP contribution in [0.4, 0.5) is 0 Å². The summed E-state index contributed by atoms with van der Waals surface area (Å²) in [6.45, 7) is 9.20. The molecular weight excluding hydrogens is 292 g/mol. The van der Waals surface area contributed by atoms with Gasteiger partial charge in [0.25, 0.3) is 5.56 Å². The second-order valence-corrected chi connectivity index (χ2v) is 6.50. The summed E-state index contributed by atoms with van der Waals surface area (Å²) in [7, 11) is 0. The van der Waals surface area contributed by atoms with Gasteiger partial charge in [-0.05, 0) is 52.6 Å². The van der Waals surface area contributed by atoms with Crippen molar-refractivity contribution in [1.82, 2.24) is 19.4 Å². The van der Waals surface area contributed by atoms with Gasteiger partial charge in [-0.1, -0.05) is 0 Å². The quantitative estimate of drug-likeness (QED) is 0.864. The van der Waals surface area contributed by atoms with E-state index in [-0.39, 0.29) is 5.56 Å². The Morgan fingerprint density at radius 1 is 1.22 bits per heavy atom. The lowest BCUT2D eigenvalue weighted by molar-refractivity contribution is 0.154. The summed E-state index contributed by atoms with van der Waals surface area (Å²) in [5.41, 5.74) is 1.67. The number of aromatic nitrogens is 3. The number of rotatable bonds is 4. The molecular formula is C17H24N4O2. The Bertz CT molecular complexity index is 726. The van der Waals surface area contributed by atoms with Crippen LogP contribution >= 0.6 is 0 Å². The Balaban J connectivity index is 1.55. The monoisotopic (exact) mass is 316 g/mol. The average molecular weight is 316 g/mol. The van der Waals surface area contributed by atoms with Crippen LogP contribution in [-0.2, 0) is 13.1 Å². The maximum atomic E-state index is 12.3. The van der Waals surface area contributed by atoms with Gasteiger partial charge in [0.15, 0.2) is 0 Å². The van der Waals surface area contributed by atoms with E-state index >= 15 is 0 Å². The molecule has 6 nitrogen and oxygen atoms in total. The van der Waals surface area contributed by atoms with Crippen molar-refractivity contribution in [2.45, 2.75) is 46.7 Å². The maximum absolute atomic E-state index is 12.3. The Morgan fingerprint density at radius 3 is 2.61 bits per heavy atom. The maximum Gasteiger partial charge on any atom is 0.256 e. The zero-order chi connectivity index (χ0) is 16.4. The first-order chi connectivity index (χ1) is 11.0. The highest BCUT2D eigenvalue weighted by Gasteiger charge is 2.21. The number of piperidine rings is 1. The van der Waals surface area contributed by atoms with Crippen molar-refractivity contribution < 1.29 is 4.42 Å². The number of hydrogen-bond donors (Lipinski definition) is 0. The van der Waals surface area contributed by atoms with Gasteiger partial charge in [-0.25, -0.2) is 9.97 Å². The van der Waals surface area contributed by atoms with Crippen molar-refractivity contribution in [2.75, 3.05) is 13.1 Å². The second kappa shape index (κ2) is 6.66. The molecule has 1 aliphatic heterocycles. The zero-order valence-corrected chi connectivity index (χ0v) is 14.1. The van der Waals surface area contributed by atoms with E-state index in [2.05, 4.69) is 14.9 Å². The molecule has 0 radical (unpaired) electrons. The summed E-state index contributed by atoms with van der Waals surface area (Å²) in [5, 5.41) is 0. The number of likely N-dealkylation sites (tertiary alicyclic amines) is 1. The highest BCUT2D eigenvalue weighted by molar-refractivity contribution is 5.12. The third-order valence-electron chi connectivity index (χ3n) is 4.71. The average Bonchev–Trinajstić information content (AvgIpc) is 2.95. The molecule has 0 unspecified atom stereocenters. The van der Waals surface area contributed by atoms with Crippen molar-refractivity contribution in [3.05, 3.63) is 45.8 Å². The molecule has 0 atom stereocenters. The van der Waals surface area contributed by atoms with Crippen LogP contribution in [-0.4, -0.2) is 32.5 Å². The van der Waals surface area contributed by atoms with Crippen molar-refractivity contribution in [3.63, 3.8) is 0 Å². The lowest BCUT2D eigenvalue weighted by Crippen LogP contribution is -2.36. The molecule has 0 saturated carbocycles. The van der Waals surface area contributed by atoms with E-state index in [1.54, 1.807) is 17.1 Å². The topological polar surface area (TPSA) is 64.2 Å². The van der Waals surface area contributed by atoms with Gasteiger partial charge in [0.1, 0.15) is 5.76 Å². The molecule has 3 heterocycles. The summed E-state index contributed by atoms with van der Waals surface area (Å²) in [5.74, 6) is 2.17. The van der Waals surface area contributed by atoms with E-state index in [4.69, 9.17) is 4.42 Å². The molecule has 2 aromatic heterocycles. The van der Waals surface area contributed by atoms with E-state index < -0.39 is 0 Å². The van der Waals surface area contributed by atoms with E-state index in [1.165, 1.54) is 0 Å². The van der Waals surface area contributed by atoms with Gasteiger partial charge in [0.05, 0.1) is 19.1 Å². The van der Waals surface area contributed by atoms with Gasteiger partial charge in [0.2, 0.25) is 5.89 Å². The fourth-order valence-electron chi connectivity index (χ4n) is 3.08. The van der Waals surface area contributed by atoms with Crippen LogP contribution in [0.15, 0.2) is 21.7 Å². The molecule has 3 rings (SSSR count). The molecule has 1 saturated heterocycles. The van der Waals surface area contributed by atoms with E-state index in [0.29, 0.717) is 5.92 Å². The van der Waals surface area contributed by atoms with E-state index in [0.717, 1.165) is 61.9 Å². The van der Waals surface area contributed by atoms with E-state index in [1.807, 2.05) is 20.8 Å². The van der Waals surface area contributed by atoms with Gasteiger partial charge in [0, 0.05) is 17.8 Å². The summed E-state index contributed by atoms with van der Waals surface area (Å²) in [6.07, 6.45) is 5.62. The van der Waals surface area contributed by atoms with Crippen LogP contribution in [0.3, 0.4) is 0 Å². The highest BCUT2D eigenvalue weighted by Crippen LogP contribution is 2.20. The molecule has 0 aromatic carbocycles. The second-order valence-electron chi connectivity index (χ2n) is 6.50. The molecule has 1 fully saturated rings. The fraction of sp³-hybridized carbons (Fsp3) is 0.588. The predicted octanol–water partition coefficient (Wildman–Crippen LogP) is 2.07. The fourth-order valence-corrected chi connectivity index (χ4v) is 3.08. The Morgan fingerprint density at radius 2 is 1.96 bits per heavy atom. The minimum atomic E-state index is 0.0928. The zero-order valence-electron chi connectivity index (χ0n) is 14.1. The number of hydrogen-bond acceptors (Lipinski definition) is 5. The Hall–Kier alpha value is -1.95. The number of aryl methyl sites for hydroxylation is 2. The standard InChI is InChI=1S/C17H24N4O2/c1-12-8-18-16(23-12)10-20-6-4-15(5-7-20)9-21-11-19-14(3)13(2)17(21)22/h8,11,15H,4-7,9-10H2,1-3H3. The van der Waals surface area contributed by atoms with Crippen LogP contribution in [0, 0.1) is 26.7 Å². The molecule has 0 spiro atoms. The summed E-state index contributed by atoms with van der Waals surface area (Å²) >= 11 is 0. The first-order valence-electron chi connectivity index (χ1n) is 8.19. The molecule has 2 aromatic rings. The first kappa shape index (κ1) is 15.9. The van der Waals surface area contributed by atoms with Crippen molar-refractivity contribution in [1.29, 1.82) is 0 Å². The molecule has 0 bridgehead atoms. The van der Waals surface area contributed by atoms with Gasteiger partial charge < -0.3 is 4.42 Å². The first-order valence-corrected chi connectivity index (χ1v) is 8.19. The SMILES string of the molecule is Cc1cnc(CN2CCC(Cn3cnc(C)c(C)c3=O)CC2)o1. The normalized spacial score (nSPS) is 16.8. The third-order valence-corrected chi connectivity index (χ3v) is 4.71. The van der Waals surface area contributed by atoms with Crippen LogP contribution < -0.4 is 5.56 Å². The van der Waals surface area contributed by atoms with Gasteiger partial charge >= 0.3 is 0 Å². The smallest absolute Gasteiger partial charge is 0.256 e. The van der Waals surface area contributed by atoms with Gasteiger partial charge in [-0.15, -0.1) is 0 Å². The highest BCUT2D eigenvalue weighted by atomic mass is 16.4. The Labute approximate surface area is 136 Å². The molecule has 1 aliphatic rings. The van der Waals surface area contributed by atoms with Crippen molar-refractivity contribution in [2.24, 2.45) is 5.92 Å². The lowest BCUT2D eigenvalue weighted by atomic mass is 9.96. The predicted molar refractivity (Wildman–Crippen MR) is 87.2 cm³/mol. The van der Waals surface area contributed by atoms with Gasteiger partial charge in [-0.3, -0.25) is 14.3 Å². The third kappa shape index (κ3) is 3.69. The summed E-state index contributed by atoms with van der Waals surface area (Å²) in [4.78, 5) is 23.2.